The van der Waals surface area contributed by atoms with Gasteiger partial charge in [0, 0.05) is 44.2 Å². The van der Waals surface area contributed by atoms with Crippen LogP contribution in [0, 0.1) is 5.82 Å². The highest BCUT2D eigenvalue weighted by Gasteiger charge is 2.35. The summed E-state index contributed by atoms with van der Waals surface area (Å²) in [5.41, 5.74) is 1.88. The van der Waals surface area contributed by atoms with Crippen LogP contribution < -0.4 is 10.1 Å². The zero-order chi connectivity index (χ0) is 24.8. The maximum absolute atomic E-state index is 14.1. The van der Waals surface area contributed by atoms with E-state index >= 15 is 0 Å². The maximum atomic E-state index is 14.1. The van der Waals surface area contributed by atoms with Gasteiger partial charge in [0.2, 0.25) is 5.91 Å². The number of benzene rings is 2. The molecule has 1 N–H and O–H groups in total. The lowest BCUT2D eigenvalue weighted by Gasteiger charge is -2.38. The smallest absolute Gasteiger partial charge is 0.322 e. The molecule has 9 heteroatoms. The first-order valence-electron chi connectivity index (χ1n) is 11.4. The number of amides is 3. The molecule has 0 radical (unpaired) electrons. The van der Waals surface area contributed by atoms with Crippen molar-refractivity contribution in [3.63, 3.8) is 0 Å². The molecule has 8 nitrogen and oxygen atoms in total. The minimum atomic E-state index is -0.574. The quantitative estimate of drug-likeness (QED) is 0.533. The van der Waals surface area contributed by atoms with Crippen LogP contribution in [0.1, 0.15) is 17.3 Å². The van der Waals surface area contributed by atoms with Crippen LogP contribution in [-0.2, 0) is 16.1 Å². The highest BCUT2D eigenvalue weighted by molar-refractivity contribution is 5.92. The average molecular weight is 481 g/mol. The van der Waals surface area contributed by atoms with Gasteiger partial charge in [-0.2, -0.15) is 0 Å². The van der Waals surface area contributed by atoms with Crippen LogP contribution in [0.2, 0.25) is 0 Å². The first kappa shape index (κ1) is 24.3. The summed E-state index contributed by atoms with van der Waals surface area (Å²) in [6.07, 6.45) is 1.99. The second-order valence-electron chi connectivity index (χ2n) is 8.18. The number of fused-ring (bicyclic) bond motifs is 1. The Kier molecular flexibility index (Phi) is 7.67. The van der Waals surface area contributed by atoms with Crippen LogP contribution in [0.25, 0.3) is 0 Å². The normalized spacial score (nSPS) is 14.8. The third kappa shape index (κ3) is 5.30. The van der Waals surface area contributed by atoms with Gasteiger partial charge in [-0.1, -0.05) is 30.3 Å². The van der Waals surface area contributed by atoms with E-state index in [0.717, 1.165) is 11.3 Å². The molecule has 184 valence electrons. The number of para-hydroxylation sites is 2. The number of urea groups is 1. The van der Waals surface area contributed by atoms with Gasteiger partial charge in [-0.05, 0) is 30.3 Å². The summed E-state index contributed by atoms with van der Waals surface area (Å²) in [5, 5.41) is 2.56. The number of nitrogens with one attached hydrogen (secondary N) is 1. The third-order valence-corrected chi connectivity index (χ3v) is 6.09. The van der Waals surface area contributed by atoms with Crippen LogP contribution in [0.5, 0.6) is 5.75 Å². The minimum Gasteiger partial charge on any atom is -0.496 e. The predicted molar refractivity (Wildman–Crippen MR) is 130 cm³/mol. The number of methoxy groups -OCH3 is 2. The van der Waals surface area contributed by atoms with E-state index in [1.165, 1.54) is 24.1 Å². The lowest BCUT2D eigenvalue weighted by Crippen LogP contribution is -2.49. The van der Waals surface area contributed by atoms with E-state index in [1.54, 1.807) is 24.1 Å². The zero-order valence-electron chi connectivity index (χ0n) is 19.8. The van der Waals surface area contributed by atoms with Gasteiger partial charge in [-0.15, -0.1) is 0 Å². The lowest BCUT2D eigenvalue weighted by molar-refractivity contribution is -0.134. The fraction of sp³-hybridized carbons (Fsp3) is 0.308. The van der Waals surface area contributed by atoms with Crippen molar-refractivity contribution >= 4 is 17.6 Å². The van der Waals surface area contributed by atoms with E-state index in [1.807, 2.05) is 42.6 Å². The van der Waals surface area contributed by atoms with Crippen molar-refractivity contribution in [2.24, 2.45) is 0 Å². The number of aromatic nitrogens is 1. The van der Waals surface area contributed by atoms with Crippen molar-refractivity contribution in [3.05, 3.63) is 83.9 Å². The first-order chi connectivity index (χ1) is 17.0. The molecule has 1 atom stereocenters. The van der Waals surface area contributed by atoms with Gasteiger partial charge in [-0.3, -0.25) is 4.79 Å². The Hall–Kier alpha value is -3.85. The highest BCUT2D eigenvalue weighted by atomic mass is 19.1. The number of rotatable bonds is 8. The summed E-state index contributed by atoms with van der Waals surface area (Å²) >= 11 is 0. The van der Waals surface area contributed by atoms with Gasteiger partial charge in [0.1, 0.15) is 24.2 Å². The molecule has 0 bridgehead atoms. The van der Waals surface area contributed by atoms with Gasteiger partial charge in [-0.25, -0.2) is 9.18 Å². The van der Waals surface area contributed by atoms with Crippen LogP contribution in [0.4, 0.5) is 14.9 Å². The summed E-state index contributed by atoms with van der Waals surface area (Å²) in [4.78, 5) is 29.8. The van der Waals surface area contributed by atoms with E-state index in [9.17, 15) is 14.0 Å². The topological polar surface area (TPSA) is 76.0 Å². The predicted octanol–water partition coefficient (Wildman–Crippen LogP) is 3.75. The van der Waals surface area contributed by atoms with E-state index in [0.29, 0.717) is 18.8 Å². The SMILES string of the molecule is COCCN(CC(=O)N1CCn2cccc2C1c1ccccc1OC)C(=O)Nc1ccccc1F. The summed E-state index contributed by atoms with van der Waals surface area (Å²) in [6.45, 7) is 1.33. The Bertz CT molecular complexity index is 1180. The second-order valence-corrected chi connectivity index (χ2v) is 8.18. The monoisotopic (exact) mass is 480 g/mol. The lowest BCUT2D eigenvalue weighted by atomic mass is 9.98. The van der Waals surface area contributed by atoms with Gasteiger partial charge in [0.15, 0.2) is 0 Å². The summed E-state index contributed by atoms with van der Waals surface area (Å²) in [5.74, 6) is -0.0986. The molecule has 2 heterocycles. The molecule has 1 aliphatic heterocycles. The third-order valence-electron chi connectivity index (χ3n) is 6.09. The largest absolute Gasteiger partial charge is 0.496 e. The Balaban J connectivity index is 1.59. The van der Waals surface area contributed by atoms with Gasteiger partial charge in [0.25, 0.3) is 0 Å². The maximum Gasteiger partial charge on any atom is 0.322 e. The number of ether oxygens (including phenoxy) is 2. The van der Waals surface area contributed by atoms with Crippen molar-refractivity contribution in [2.75, 3.05) is 45.8 Å². The Labute approximate surface area is 203 Å². The Morgan fingerprint density at radius 1 is 1.06 bits per heavy atom. The molecule has 2 aromatic carbocycles. The molecule has 1 aliphatic rings. The molecule has 1 aromatic heterocycles. The molecular weight excluding hydrogens is 451 g/mol. The fourth-order valence-electron chi connectivity index (χ4n) is 4.34. The molecule has 0 aliphatic carbocycles. The van der Waals surface area contributed by atoms with Crippen molar-refractivity contribution in [2.45, 2.75) is 12.6 Å². The van der Waals surface area contributed by atoms with Crippen LogP contribution in [0.15, 0.2) is 66.9 Å². The molecule has 3 aromatic rings. The second kappa shape index (κ2) is 11.1. The Morgan fingerprint density at radius 2 is 1.83 bits per heavy atom. The average Bonchev–Trinajstić information content (AvgIpc) is 3.36. The number of hydrogen-bond acceptors (Lipinski definition) is 4. The molecule has 3 amide bonds. The van der Waals surface area contributed by atoms with Crippen molar-refractivity contribution in [1.29, 1.82) is 0 Å². The van der Waals surface area contributed by atoms with Crippen LogP contribution in [-0.4, -0.2) is 66.8 Å². The summed E-state index contributed by atoms with van der Waals surface area (Å²) in [7, 11) is 3.12. The van der Waals surface area contributed by atoms with Crippen molar-refractivity contribution in [1.82, 2.24) is 14.4 Å². The minimum absolute atomic E-state index is 0.0510. The number of carbonyl (C=O) groups is 2. The van der Waals surface area contributed by atoms with Crippen molar-refractivity contribution in [3.8, 4) is 5.75 Å². The molecule has 0 saturated heterocycles. The van der Waals surface area contributed by atoms with Gasteiger partial charge >= 0.3 is 6.03 Å². The number of nitrogens with zero attached hydrogens (tertiary/aromatic N) is 3. The standard InChI is InChI=1S/C26H29FN4O4/c1-34-17-16-30(26(33)28-21-10-5-4-9-20(21)27)18-24(32)31-15-14-29-13-7-11-22(29)25(31)19-8-3-6-12-23(19)35-2/h3-13,25H,14-18H2,1-2H3,(H,28,33). The van der Waals surface area contributed by atoms with Crippen LogP contribution >= 0.6 is 0 Å². The van der Waals surface area contributed by atoms with Crippen LogP contribution in [0.3, 0.4) is 0 Å². The highest BCUT2D eigenvalue weighted by Crippen LogP contribution is 2.37. The summed E-state index contributed by atoms with van der Waals surface area (Å²) < 4.78 is 26.9. The molecule has 0 spiro atoms. The van der Waals surface area contributed by atoms with E-state index < -0.39 is 11.8 Å². The molecule has 0 saturated carbocycles. The van der Waals surface area contributed by atoms with E-state index in [4.69, 9.17) is 9.47 Å². The Morgan fingerprint density at radius 3 is 2.60 bits per heavy atom. The first-order valence-corrected chi connectivity index (χ1v) is 11.4. The number of hydrogen-bond donors (Lipinski definition) is 1. The van der Waals surface area contributed by atoms with Gasteiger partial charge in [0.05, 0.1) is 19.4 Å². The van der Waals surface area contributed by atoms with Gasteiger partial charge < -0.3 is 29.2 Å². The molecule has 4 rings (SSSR count). The van der Waals surface area contributed by atoms with E-state index in [-0.39, 0.29) is 37.3 Å². The molecule has 35 heavy (non-hydrogen) atoms. The van der Waals surface area contributed by atoms with E-state index in [2.05, 4.69) is 9.88 Å². The number of anilines is 1. The molecular formula is C26H29FN4O4. The fourth-order valence-corrected chi connectivity index (χ4v) is 4.34. The van der Waals surface area contributed by atoms with Crippen molar-refractivity contribution < 1.29 is 23.5 Å². The number of carbonyl (C=O) groups excluding carboxylic acids is 2. The summed E-state index contributed by atoms with van der Waals surface area (Å²) in [6, 6.07) is 16.5. The molecule has 0 fully saturated rings. The zero-order valence-corrected chi connectivity index (χ0v) is 19.8. The molecule has 1 unspecified atom stereocenters. The number of halogens is 1.